The Hall–Kier alpha value is -3.91. The number of hydrogen-bond acceptors (Lipinski definition) is 8. The Balaban J connectivity index is 1.59. The van der Waals surface area contributed by atoms with Gasteiger partial charge in [-0.15, -0.1) is 0 Å². The SMILES string of the molecule is COC(=O)N(C(=O)[C@@H](N)C(c1ccc(F)cc1)c1ccc(F)cc1)[C@H](CCC[C@@H](CO)N(CCC(C)C)S(=O)(=O)c1ccc(N)cc1)C1CC1. The molecular formula is C37H48F2N4O6S. The fourth-order valence-corrected chi connectivity index (χ4v) is 8.00. The van der Waals surface area contributed by atoms with E-state index in [1.54, 1.807) is 0 Å². The molecular weight excluding hydrogens is 666 g/mol. The second-order valence-corrected chi connectivity index (χ2v) is 15.2. The number of carbonyl (C=O) groups is 2. The van der Waals surface area contributed by atoms with E-state index < -0.39 is 64.3 Å². The topological polar surface area (TPSA) is 156 Å². The zero-order valence-corrected chi connectivity index (χ0v) is 29.6. The molecule has 4 rings (SSSR count). The van der Waals surface area contributed by atoms with Gasteiger partial charge in [0.05, 0.1) is 24.7 Å². The fourth-order valence-electron chi connectivity index (χ4n) is 6.34. The number of nitrogen functional groups attached to an aromatic ring is 1. The van der Waals surface area contributed by atoms with Gasteiger partial charge in [0, 0.05) is 30.2 Å². The number of nitrogens with two attached hydrogens (primary N) is 2. The summed E-state index contributed by atoms with van der Waals surface area (Å²) >= 11 is 0. The highest BCUT2D eigenvalue weighted by molar-refractivity contribution is 7.89. The Morgan fingerprint density at radius 2 is 1.44 bits per heavy atom. The molecule has 1 aliphatic carbocycles. The summed E-state index contributed by atoms with van der Waals surface area (Å²) in [5.74, 6) is -2.35. The monoisotopic (exact) mass is 714 g/mol. The first-order valence-electron chi connectivity index (χ1n) is 16.9. The number of benzene rings is 3. The number of carbonyl (C=O) groups excluding carboxylic acids is 2. The average molecular weight is 715 g/mol. The van der Waals surface area contributed by atoms with E-state index in [1.165, 1.54) is 84.2 Å². The number of imide groups is 1. The molecule has 3 aromatic carbocycles. The van der Waals surface area contributed by atoms with Crippen molar-refractivity contribution in [3.8, 4) is 0 Å². The molecule has 0 saturated heterocycles. The van der Waals surface area contributed by atoms with Crippen molar-refractivity contribution in [3.63, 3.8) is 0 Å². The zero-order chi connectivity index (χ0) is 36.6. The van der Waals surface area contributed by atoms with Crippen LogP contribution in [0.2, 0.25) is 0 Å². The molecule has 0 aromatic heterocycles. The lowest BCUT2D eigenvalue weighted by Crippen LogP contribution is -2.54. The van der Waals surface area contributed by atoms with Gasteiger partial charge in [0.2, 0.25) is 15.9 Å². The van der Waals surface area contributed by atoms with Crippen LogP contribution in [0.1, 0.15) is 69.4 Å². The van der Waals surface area contributed by atoms with Crippen LogP contribution in [-0.2, 0) is 19.6 Å². The number of halogens is 2. The minimum atomic E-state index is -3.99. The third kappa shape index (κ3) is 9.65. The summed E-state index contributed by atoms with van der Waals surface area (Å²) < 4.78 is 61.8. The van der Waals surface area contributed by atoms with Crippen LogP contribution >= 0.6 is 0 Å². The summed E-state index contributed by atoms with van der Waals surface area (Å²) in [5.41, 5.74) is 13.9. The van der Waals surface area contributed by atoms with Gasteiger partial charge in [-0.05, 0) is 110 Å². The molecule has 3 atom stereocenters. The lowest BCUT2D eigenvalue weighted by Gasteiger charge is -2.34. The maximum atomic E-state index is 14.3. The molecule has 3 aromatic rings. The molecule has 2 amide bonds. The number of ether oxygens (including phenoxy) is 1. The number of anilines is 1. The van der Waals surface area contributed by atoms with Crippen LogP contribution in [0.25, 0.3) is 0 Å². The number of nitrogens with zero attached hydrogens (tertiary/aromatic N) is 2. The number of amides is 2. The van der Waals surface area contributed by atoms with Gasteiger partial charge in [0.1, 0.15) is 11.6 Å². The van der Waals surface area contributed by atoms with Gasteiger partial charge in [-0.25, -0.2) is 26.9 Å². The summed E-state index contributed by atoms with van der Waals surface area (Å²) in [7, 11) is -2.82. The normalized spacial score (nSPS) is 15.2. The van der Waals surface area contributed by atoms with E-state index in [-0.39, 0.29) is 29.7 Å². The second-order valence-electron chi connectivity index (χ2n) is 13.3. The molecule has 0 spiro atoms. The maximum Gasteiger partial charge on any atom is 0.416 e. The summed E-state index contributed by atoms with van der Waals surface area (Å²) in [4.78, 5) is 28.7. The molecule has 50 heavy (non-hydrogen) atoms. The number of aliphatic hydroxyl groups is 1. The van der Waals surface area contributed by atoms with Crippen molar-refractivity contribution in [3.05, 3.63) is 95.6 Å². The van der Waals surface area contributed by atoms with Crippen LogP contribution in [0.4, 0.5) is 19.3 Å². The molecule has 0 bridgehead atoms. The van der Waals surface area contributed by atoms with Gasteiger partial charge < -0.3 is 21.3 Å². The summed E-state index contributed by atoms with van der Waals surface area (Å²) in [6.45, 7) is 3.74. The predicted molar refractivity (Wildman–Crippen MR) is 187 cm³/mol. The number of sulfonamides is 1. The van der Waals surface area contributed by atoms with Crippen LogP contribution < -0.4 is 11.5 Å². The molecule has 0 heterocycles. The van der Waals surface area contributed by atoms with E-state index in [2.05, 4.69) is 0 Å². The van der Waals surface area contributed by atoms with Crippen molar-refractivity contribution in [1.82, 2.24) is 9.21 Å². The highest BCUT2D eigenvalue weighted by Crippen LogP contribution is 2.39. The number of rotatable bonds is 17. The van der Waals surface area contributed by atoms with Gasteiger partial charge in [-0.2, -0.15) is 4.31 Å². The lowest BCUT2D eigenvalue weighted by molar-refractivity contribution is -0.133. The number of methoxy groups -OCH3 is 1. The molecule has 0 radical (unpaired) electrons. The fraction of sp³-hybridized carbons (Fsp3) is 0.459. The molecule has 1 fully saturated rings. The standard InChI is InChI=1S/C37H48F2N4O6S/c1-24(2)21-22-42(50(47,48)32-19-17-30(40)18-20-32)31(23-44)5-4-6-33(25-7-8-25)43(37(46)49-3)36(45)35(41)34(26-9-13-28(38)14-10-26)27-11-15-29(39)16-12-27/h9-20,24-25,31,33-35,44H,4-8,21-23,40-41H2,1-3H3/t31-,33+,35-/m0/s1. The first-order valence-corrected chi connectivity index (χ1v) is 18.4. The summed E-state index contributed by atoms with van der Waals surface area (Å²) in [5, 5.41) is 10.5. The zero-order valence-electron chi connectivity index (χ0n) is 28.8. The first kappa shape index (κ1) is 38.9. The Labute approximate surface area is 293 Å². The molecule has 272 valence electrons. The minimum absolute atomic E-state index is 0.0246. The molecule has 1 aliphatic rings. The van der Waals surface area contributed by atoms with Crippen molar-refractivity contribution in [2.75, 3.05) is 26.0 Å². The van der Waals surface area contributed by atoms with Crippen molar-refractivity contribution in [2.45, 2.75) is 81.3 Å². The maximum absolute atomic E-state index is 14.3. The summed E-state index contributed by atoms with van der Waals surface area (Å²) in [6.07, 6.45) is 2.15. The molecule has 10 nitrogen and oxygen atoms in total. The minimum Gasteiger partial charge on any atom is -0.452 e. The molecule has 1 saturated carbocycles. The van der Waals surface area contributed by atoms with E-state index in [0.29, 0.717) is 36.1 Å². The quantitative estimate of drug-likeness (QED) is 0.152. The predicted octanol–water partition coefficient (Wildman–Crippen LogP) is 5.65. The number of aliphatic hydroxyl groups excluding tert-OH is 1. The van der Waals surface area contributed by atoms with Crippen molar-refractivity contribution in [2.24, 2.45) is 17.6 Å². The van der Waals surface area contributed by atoms with Gasteiger partial charge in [-0.3, -0.25) is 4.79 Å². The molecule has 0 unspecified atom stereocenters. The largest absolute Gasteiger partial charge is 0.452 e. The van der Waals surface area contributed by atoms with Crippen molar-refractivity contribution < 1.29 is 36.6 Å². The molecule has 0 aliphatic heterocycles. The van der Waals surface area contributed by atoms with Crippen LogP contribution in [0.3, 0.4) is 0 Å². The molecule has 13 heteroatoms. The van der Waals surface area contributed by atoms with E-state index >= 15 is 0 Å². The highest BCUT2D eigenvalue weighted by Gasteiger charge is 2.44. The van der Waals surface area contributed by atoms with Crippen LogP contribution in [0, 0.1) is 23.5 Å². The van der Waals surface area contributed by atoms with E-state index in [9.17, 15) is 31.9 Å². The summed E-state index contributed by atoms with van der Waals surface area (Å²) in [6, 6.07) is 14.2. The van der Waals surface area contributed by atoms with Crippen LogP contribution in [-0.4, -0.2) is 73.1 Å². The Kier molecular flexibility index (Phi) is 13.5. The molecule has 5 N–H and O–H groups in total. The van der Waals surface area contributed by atoms with Gasteiger partial charge in [0.15, 0.2) is 0 Å². The third-order valence-corrected chi connectivity index (χ3v) is 11.2. The van der Waals surface area contributed by atoms with Crippen LogP contribution in [0.5, 0.6) is 0 Å². The lowest BCUT2D eigenvalue weighted by atomic mass is 9.84. The smallest absolute Gasteiger partial charge is 0.416 e. The van der Waals surface area contributed by atoms with Crippen molar-refractivity contribution >= 4 is 27.7 Å². The third-order valence-electron chi connectivity index (χ3n) is 9.28. The first-order chi connectivity index (χ1) is 23.8. The van der Waals surface area contributed by atoms with Gasteiger partial charge >= 0.3 is 6.09 Å². The number of hydrogen-bond donors (Lipinski definition) is 3. The van der Waals surface area contributed by atoms with Crippen LogP contribution in [0.15, 0.2) is 77.7 Å². The Morgan fingerprint density at radius 3 is 1.90 bits per heavy atom. The van der Waals surface area contributed by atoms with Gasteiger partial charge in [0.25, 0.3) is 0 Å². The van der Waals surface area contributed by atoms with Gasteiger partial charge in [-0.1, -0.05) is 38.1 Å². The Morgan fingerprint density at radius 1 is 0.900 bits per heavy atom. The second kappa shape index (κ2) is 17.3. The van der Waals surface area contributed by atoms with E-state index in [1.807, 2.05) is 13.8 Å². The Bertz CT molecular complexity index is 1620. The van der Waals surface area contributed by atoms with Crippen molar-refractivity contribution in [1.29, 1.82) is 0 Å². The van der Waals surface area contributed by atoms with E-state index in [4.69, 9.17) is 16.2 Å². The highest BCUT2D eigenvalue weighted by atomic mass is 32.2. The average Bonchev–Trinajstić information content (AvgIpc) is 3.94. The van der Waals surface area contributed by atoms with E-state index in [0.717, 1.165) is 17.7 Å².